The smallest absolute Gasteiger partial charge is 0.363 e. The zero-order valence-corrected chi connectivity index (χ0v) is 13.9. The van der Waals surface area contributed by atoms with Crippen LogP contribution in [0.15, 0.2) is 41.6 Å². The number of alkyl halides is 3. The summed E-state index contributed by atoms with van der Waals surface area (Å²) in [5.41, 5.74) is -5.42. The van der Waals surface area contributed by atoms with Crippen LogP contribution < -0.4 is 10.2 Å². The number of amides is 1. The molecular weight excluding hydrogens is 361 g/mol. The zero-order valence-electron chi connectivity index (χ0n) is 13.1. The second kappa shape index (κ2) is 6.67. The number of carbonyl (C=O) groups is 1. The molecule has 1 heterocycles. The van der Waals surface area contributed by atoms with Crippen LogP contribution in [-0.2, 0) is 9.84 Å². The molecule has 0 saturated carbocycles. The summed E-state index contributed by atoms with van der Waals surface area (Å²) in [4.78, 5) is 20.7. The van der Waals surface area contributed by atoms with Gasteiger partial charge in [0.25, 0.3) is 15.7 Å². The fraction of sp³-hybridized carbons (Fsp3) is 0.214. The van der Waals surface area contributed by atoms with Gasteiger partial charge < -0.3 is 10.2 Å². The van der Waals surface area contributed by atoms with Gasteiger partial charge in [-0.25, -0.2) is 18.4 Å². The third kappa shape index (κ3) is 4.05. The van der Waals surface area contributed by atoms with Gasteiger partial charge in [-0.3, -0.25) is 4.79 Å². The molecule has 1 N–H and O–H groups in total. The van der Waals surface area contributed by atoms with E-state index in [9.17, 15) is 26.4 Å². The molecule has 2 rings (SSSR count). The van der Waals surface area contributed by atoms with Crippen molar-refractivity contribution in [3.8, 4) is 0 Å². The van der Waals surface area contributed by atoms with Crippen LogP contribution in [-0.4, -0.2) is 43.9 Å². The van der Waals surface area contributed by atoms with E-state index in [1.165, 1.54) is 12.4 Å². The van der Waals surface area contributed by atoms with Crippen LogP contribution in [0.1, 0.15) is 10.4 Å². The predicted octanol–water partition coefficient (Wildman–Crippen LogP) is 2.09. The number of nitrogens with zero attached hydrogens (tertiary/aromatic N) is 3. The lowest BCUT2D eigenvalue weighted by Gasteiger charge is -2.12. The van der Waals surface area contributed by atoms with Crippen molar-refractivity contribution in [3.63, 3.8) is 0 Å². The van der Waals surface area contributed by atoms with Gasteiger partial charge in [-0.2, -0.15) is 13.2 Å². The molecule has 0 aliphatic heterocycles. The molecule has 7 nitrogen and oxygen atoms in total. The largest absolute Gasteiger partial charge is 0.501 e. The van der Waals surface area contributed by atoms with E-state index in [1.807, 2.05) is 0 Å². The molecule has 0 unspecified atom stereocenters. The first-order chi connectivity index (χ1) is 11.5. The average Bonchev–Trinajstić information content (AvgIpc) is 2.54. The van der Waals surface area contributed by atoms with Crippen LogP contribution in [0.2, 0.25) is 0 Å². The van der Waals surface area contributed by atoms with Crippen molar-refractivity contribution in [2.24, 2.45) is 0 Å². The summed E-state index contributed by atoms with van der Waals surface area (Å²) in [6.07, 6.45) is 1.24. The van der Waals surface area contributed by atoms with Gasteiger partial charge >= 0.3 is 5.51 Å². The molecule has 1 aromatic heterocycles. The number of benzene rings is 1. The summed E-state index contributed by atoms with van der Waals surface area (Å²) in [6, 6.07) is 4.93. The third-order valence-corrected chi connectivity index (χ3v) is 4.59. The maximum absolute atomic E-state index is 12.5. The SMILES string of the molecule is CN(C)c1cc(NC(=O)c2ccc(S(=O)(=O)C(F)(F)F)cc2)ncn1. The number of carbonyl (C=O) groups excluding carboxylic acids is 1. The van der Waals surface area contributed by atoms with Crippen LogP contribution in [0.3, 0.4) is 0 Å². The molecule has 1 aromatic carbocycles. The summed E-state index contributed by atoms with van der Waals surface area (Å²) in [6.45, 7) is 0. The van der Waals surface area contributed by atoms with E-state index >= 15 is 0 Å². The number of rotatable bonds is 4. The van der Waals surface area contributed by atoms with E-state index in [0.29, 0.717) is 5.82 Å². The quantitative estimate of drug-likeness (QED) is 0.881. The van der Waals surface area contributed by atoms with E-state index in [4.69, 9.17) is 0 Å². The van der Waals surface area contributed by atoms with Gasteiger partial charge in [0.05, 0.1) is 4.90 Å². The molecule has 25 heavy (non-hydrogen) atoms. The number of hydrogen-bond acceptors (Lipinski definition) is 6. The van der Waals surface area contributed by atoms with Crippen molar-refractivity contribution in [2.75, 3.05) is 24.3 Å². The Balaban J connectivity index is 2.20. The second-order valence-corrected chi connectivity index (χ2v) is 7.02. The zero-order chi connectivity index (χ0) is 18.8. The fourth-order valence-electron chi connectivity index (χ4n) is 1.77. The Hall–Kier alpha value is -2.69. The molecule has 0 aliphatic rings. The molecule has 11 heteroatoms. The van der Waals surface area contributed by atoms with Gasteiger partial charge in [0, 0.05) is 25.7 Å². The Bertz CT molecular complexity index is 881. The minimum Gasteiger partial charge on any atom is -0.363 e. The topological polar surface area (TPSA) is 92.3 Å². The molecule has 2 aromatic rings. The number of hydrogen-bond donors (Lipinski definition) is 1. The minimum absolute atomic E-state index is 0.0221. The van der Waals surface area contributed by atoms with Crippen molar-refractivity contribution < 1.29 is 26.4 Å². The Morgan fingerprint density at radius 3 is 2.24 bits per heavy atom. The normalized spacial score (nSPS) is 11.9. The van der Waals surface area contributed by atoms with E-state index < -0.39 is 26.1 Å². The molecule has 0 aliphatic carbocycles. The van der Waals surface area contributed by atoms with Gasteiger partial charge in [0.15, 0.2) is 0 Å². The van der Waals surface area contributed by atoms with Crippen molar-refractivity contribution in [2.45, 2.75) is 10.4 Å². The fourth-order valence-corrected chi connectivity index (χ4v) is 2.53. The van der Waals surface area contributed by atoms with Gasteiger partial charge in [-0.15, -0.1) is 0 Å². The van der Waals surface area contributed by atoms with Gasteiger partial charge in [-0.1, -0.05) is 0 Å². The molecule has 0 fully saturated rings. The highest BCUT2D eigenvalue weighted by atomic mass is 32.2. The highest BCUT2D eigenvalue weighted by molar-refractivity contribution is 7.92. The molecular formula is C14H13F3N4O3S. The second-order valence-electron chi connectivity index (χ2n) is 5.08. The third-order valence-electron chi connectivity index (χ3n) is 3.08. The predicted molar refractivity (Wildman–Crippen MR) is 84.0 cm³/mol. The summed E-state index contributed by atoms with van der Waals surface area (Å²) in [5, 5.41) is 2.45. The number of sulfone groups is 1. The highest BCUT2D eigenvalue weighted by Crippen LogP contribution is 2.30. The van der Waals surface area contributed by atoms with Crippen molar-refractivity contribution in [3.05, 3.63) is 42.2 Å². The van der Waals surface area contributed by atoms with Crippen LogP contribution in [0.25, 0.3) is 0 Å². The summed E-state index contributed by atoms with van der Waals surface area (Å²) < 4.78 is 60.0. The summed E-state index contributed by atoms with van der Waals surface area (Å²) >= 11 is 0. The first-order valence-electron chi connectivity index (χ1n) is 6.74. The van der Waals surface area contributed by atoms with Crippen LogP contribution in [0, 0.1) is 0 Å². The lowest BCUT2D eigenvalue weighted by Crippen LogP contribution is -2.23. The molecule has 0 spiro atoms. The van der Waals surface area contributed by atoms with E-state index in [1.54, 1.807) is 19.0 Å². The lowest BCUT2D eigenvalue weighted by atomic mass is 10.2. The first kappa shape index (κ1) is 18.6. The van der Waals surface area contributed by atoms with Gasteiger partial charge in [-0.05, 0) is 24.3 Å². The number of anilines is 2. The Kier molecular flexibility index (Phi) is 4.97. The molecule has 0 saturated heterocycles. The van der Waals surface area contributed by atoms with E-state index in [0.717, 1.165) is 24.3 Å². The maximum Gasteiger partial charge on any atom is 0.501 e. The lowest BCUT2D eigenvalue weighted by molar-refractivity contribution is -0.0436. The van der Waals surface area contributed by atoms with Crippen LogP contribution in [0.5, 0.6) is 0 Å². The minimum atomic E-state index is -5.45. The number of halogens is 3. The van der Waals surface area contributed by atoms with Gasteiger partial charge in [0.2, 0.25) is 0 Å². The molecule has 1 amide bonds. The molecule has 134 valence electrons. The Labute approximate surface area is 141 Å². The average molecular weight is 374 g/mol. The first-order valence-corrected chi connectivity index (χ1v) is 8.23. The monoisotopic (exact) mass is 374 g/mol. The number of aromatic nitrogens is 2. The van der Waals surface area contributed by atoms with E-state index in [2.05, 4.69) is 15.3 Å². The van der Waals surface area contributed by atoms with Gasteiger partial charge in [0.1, 0.15) is 18.0 Å². The molecule has 0 radical (unpaired) electrons. The number of nitrogens with one attached hydrogen (secondary N) is 1. The summed E-state index contributed by atoms with van der Waals surface area (Å²) in [7, 11) is -1.96. The van der Waals surface area contributed by atoms with Crippen LogP contribution in [0.4, 0.5) is 24.8 Å². The highest BCUT2D eigenvalue weighted by Gasteiger charge is 2.46. The Morgan fingerprint density at radius 1 is 1.12 bits per heavy atom. The van der Waals surface area contributed by atoms with Crippen LogP contribution >= 0.6 is 0 Å². The van der Waals surface area contributed by atoms with Crippen molar-refractivity contribution >= 4 is 27.4 Å². The Morgan fingerprint density at radius 2 is 1.72 bits per heavy atom. The standard InChI is InChI=1S/C14H13F3N4O3S/c1-21(2)12-7-11(18-8-19-12)20-13(22)9-3-5-10(6-4-9)25(23,24)14(15,16)17/h3-8H,1-2H3,(H,18,19,20,22). The van der Waals surface area contributed by atoms with E-state index in [-0.39, 0.29) is 11.4 Å². The van der Waals surface area contributed by atoms with Crippen molar-refractivity contribution in [1.82, 2.24) is 9.97 Å². The molecule has 0 bridgehead atoms. The summed E-state index contributed by atoms with van der Waals surface area (Å²) in [5.74, 6) is 0.0759. The molecule has 0 atom stereocenters. The van der Waals surface area contributed by atoms with Crippen molar-refractivity contribution in [1.29, 1.82) is 0 Å². The maximum atomic E-state index is 12.5.